The zero-order valence-corrected chi connectivity index (χ0v) is 17.6. The fourth-order valence-electron chi connectivity index (χ4n) is 2.84. The fourth-order valence-corrected chi connectivity index (χ4v) is 2.84. The normalized spacial score (nSPS) is 11.4. The van der Waals surface area contributed by atoms with Gasteiger partial charge < -0.3 is 19.6 Å². The molecule has 2 N–H and O–H groups in total. The van der Waals surface area contributed by atoms with Gasteiger partial charge >= 0.3 is 0 Å². The van der Waals surface area contributed by atoms with Crippen molar-refractivity contribution in [2.24, 2.45) is 5.73 Å². The molecule has 0 aliphatic heterocycles. The largest absolute Gasteiger partial charge is 0.493 e. The summed E-state index contributed by atoms with van der Waals surface area (Å²) in [7, 11) is 0. The molecule has 0 bridgehead atoms. The quantitative estimate of drug-likeness (QED) is 0.528. The summed E-state index contributed by atoms with van der Waals surface area (Å²) in [6.45, 7) is 7.73. The molecule has 3 aromatic rings. The molecule has 29 heavy (non-hydrogen) atoms. The molecule has 1 unspecified atom stereocenters. The second kappa shape index (κ2) is 12.8. The molecule has 3 rings (SSSR count). The topological polar surface area (TPSA) is 70.5 Å². The van der Waals surface area contributed by atoms with E-state index in [4.69, 9.17) is 19.6 Å². The van der Waals surface area contributed by atoms with E-state index in [1.54, 1.807) is 6.26 Å². The van der Waals surface area contributed by atoms with Gasteiger partial charge in [0, 0.05) is 25.1 Å². The number of aromatic nitrogens is 1. The van der Waals surface area contributed by atoms with Crippen molar-refractivity contribution >= 4 is 0 Å². The van der Waals surface area contributed by atoms with Crippen LogP contribution in [-0.2, 0) is 17.6 Å². The van der Waals surface area contributed by atoms with Crippen molar-refractivity contribution < 1.29 is 13.9 Å². The monoisotopic (exact) mass is 396 g/mol. The number of benzene rings is 2. The molecule has 0 aliphatic carbocycles. The van der Waals surface area contributed by atoms with Crippen LogP contribution in [0.3, 0.4) is 0 Å². The first-order valence-corrected chi connectivity index (χ1v) is 10.3. The highest BCUT2D eigenvalue weighted by molar-refractivity contribution is 5.52. The molecule has 2 aromatic carbocycles. The highest BCUT2D eigenvalue weighted by Crippen LogP contribution is 2.19. The molecule has 5 nitrogen and oxygen atoms in total. The minimum Gasteiger partial charge on any atom is -0.493 e. The molecule has 0 aliphatic rings. The molecule has 1 atom stereocenters. The number of oxazole rings is 1. The van der Waals surface area contributed by atoms with Gasteiger partial charge in [0.25, 0.3) is 0 Å². The predicted octanol–water partition coefficient (Wildman–Crippen LogP) is 4.90. The summed E-state index contributed by atoms with van der Waals surface area (Å²) >= 11 is 0. The lowest BCUT2D eigenvalue weighted by atomic mass is 10.1. The van der Waals surface area contributed by atoms with Crippen LogP contribution < -0.4 is 10.5 Å². The number of nitrogens with zero attached hydrogens (tertiary/aromatic N) is 1. The average Bonchev–Trinajstić information content (AvgIpc) is 3.25. The zero-order chi connectivity index (χ0) is 20.9. The van der Waals surface area contributed by atoms with E-state index < -0.39 is 0 Å². The van der Waals surface area contributed by atoms with Gasteiger partial charge in [-0.15, -0.1) is 0 Å². The van der Waals surface area contributed by atoms with E-state index in [1.807, 2.05) is 63.2 Å². The second-order valence-corrected chi connectivity index (χ2v) is 6.27. The van der Waals surface area contributed by atoms with Crippen molar-refractivity contribution in [3.63, 3.8) is 0 Å². The molecule has 0 radical (unpaired) electrons. The van der Waals surface area contributed by atoms with Crippen molar-refractivity contribution in [3.05, 3.63) is 72.1 Å². The number of hydrogen-bond donors (Lipinski definition) is 1. The van der Waals surface area contributed by atoms with Crippen LogP contribution in [0.15, 0.2) is 65.3 Å². The first kappa shape index (κ1) is 22.7. The van der Waals surface area contributed by atoms with Crippen LogP contribution in [0, 0.1) is 0 Å². The number of nitrogens with two attached hydrogens (primary N) is 1. The fraction of sp³-hybridized carbons (Fsp3) is 0.375. The van der Waals surface area contributed by atoms with E-state index >= 15 is 0 Å². The number of hydrogen-bond acceptors (Lipinski definition) is 5. The van der Waals surface area contributed by atoms with Gasteiger partial charge in [-0.3, -0.25) is 0 Å². The Bertz CT molecular complexity index is 801. The van der Waals surface area contributed by atoms with E-state index in [9.17, 15) is 0 Å². The van der Waals surface area contributed by atoms with Crippen molar-refractivity contribution in [3.8, 4) is 17.2 Å². The molecular formula is C24H32N2O3. The molecular weight excluding hydrogens is 364 g/mol. The highest BCUT2D eigenvalue weighted by atomic mass is 16.5. The maximum atomic E-state index is 5.82. The van der Waals surface area contributed by atoms with Crippen LogP contribution in [0.2, 0.25) is 0 Å². The van der Waals surface area contributed by atoms with Crippen LogP contribution in [0.5, 0.6) is 5.75 Å². The number of ether oxygens (including phenoxy) is 2. The summed E-state index contributed by atoms with van der Waals surface area (Å²) in [6.07, 6.45) is 3.26. The Morgan fingerprint density at radius 2 is 1.76 bits per heavy atom. The number of rotatable bonds is 10. The lowest BCUT2D eigenvalue weighted by Gasteiger charge is -2.15. The van der Waals surface area contributed by atoms with Crippen molar-refractivity contribution in [2.45, 2.75) is 39.7 Å². The summed E-state index contributed by atoms with van der Waals surface area (Å²) in [4.78, 5) is 4.51. The SMILES string of the molecule is CC.CCOC(CN)Cc1ccc(OCCc2coc(-c3ccccc3)n2)cc1. The van der Waals surface area contributed by atoms with E-state index in [2.05, 4.69) is 17.1 Å². The van der Waals surface area contributed by atoms with Crippen molar-refractivity contribution in [2.75, 3.05) is 19.8 Å². The van der Waals surface area contributed by atoms with Gasteiger partial charge in [0.05, 0.1) is 18.4 Å². The molecule has 156 valence electrons. The summed E-state index contributed by atoms with van der Waals surface area (Å²) < 4.78 is 17.0. The lowest BCUT2D eigenvalue weighted by Crippen LogP contribution is -2.26. The summed E-state index contributed by atoms with van der Waals surface area (Å²) in [5, 5.41) is 0. The molecule has 1 aromatic heterocycles. The Morgan fingerprint density at radius 3 is 2.41 bits per heavy atom. The standard InChI is InChI=1S/C22H26N2O3.C2H6/c1-2-25-21(15-23)14-17-8-10-20(11-9-17)26-13-12-19-16-27-22(24-19)18-6-4-3-5-7-18;1-2/h3-11,16,21H,2,12-15,23H2,1H3;1-2H3. The van der Waals surface area contributed by atoms with Gasteiger partial charge in [0.1, 0.15) is 12.0 Å². The van der Waals surface area contributed by atoms with Crippen LogP contribution >= 0.6 is 0 Å². The van der Waals surface area contributed by atoms with E-state index in [-0.39, 0.29) is 6.10 Å². The third-order valence-electron chi connectivity index (χ3n) is 4.25. The molecule has 0 amide bonds. The Kier molecular flexibility index (Phi) is 9.96. The Hall–Kier alpha value is -2.63. The molecule has 5 heteroatoms. The summed E-state index contributed by atoms with van der Waals surface area (Å²) in [6, 6.07) is 17.9. The average molecular weight is 397 g/mol. The molecule has 0 spiro atoms. The Labute approximate surface area is 173 Å². The molecule has 0 saturated carbocycles. The van der Waals surface area contributed by atoms with Crippen molar-refractivity contribution in [1.29, 1.82) is 0 Å². The minimum atomic E-state index is 0.0627. The van der Waals surface area contributed by atoms with Gasteiger partial charge in [0.15, 0.2) is 0 Å². The second-order valence-electron chi connectivity index (χ2n) is 6.27. The third-order valence-corrected chi connectivity index (χ3v) is 4.25. The van der Waals surface area contributed by atoms with E-state index in [0.717, 1.165) is 23.4 Å². The van der Waals surface area contributed by atoms with Crippen LogP contribution in [0.25, 0.3) is 11.5 Å². The van der Waals surface area contributed by atoms with Gasteiger partial charge in [-0.1, -0.05) is 44.2 Å². The summed E-state index contributed by atoms with van der Waals surface area (Å²) in [5.74, 6) is 1.48. The molecule has 1 heterocycles. The van der Waals surface area contributed by atoms with E-state index in [1.165, 1.54) is 5.56 Å². The first-order chi connectivity index (χ1) is 14.3. The van der Waals surface area contributed by atoms with Gasteiger partial charge in [-0.2, -0.15) is 0 Å². The Balaban J connectivity index is 0.00000145. The Morgan fingerprint density at radius 1 is 1.03 bits per heavy atom. The maximum absolute atomic E-state index is 5.82. The van der Waals surface area contributed by atoms with E-state index in [0.29, 0.717) is 32.1 Å². The van der Waals surface area contributed by atoms with Crippen molar-refractivity contribution in [1.82, 2.24) is 4.98 Å². The van der Waals surface area contributed by atoms with Crippen LogP contribution in [-0.4, -0.2) is 30.8 Å². The summed E-state index contributed by atoms with van der Waals surface area (Å²) in [5.41, 5.74) is 8.78. The predicted molar refractivity (Wildman–Crippen MR) is 117 cm³/mol. The first-order valence-electron chi connectivity index (χ1n) is 10.3. The van der Waals surface area contributed by atoms with Gasteiger partial charge in [-0.05, 0) is 43.2 Å². The van der Waals surface area contributed by atoms with Crippen LogP contribution in [0.4, 0.5) is 0 Å². The molecule has 0 saturated heterocycles. The molecule has 0 fully saturated rings. The van der Waals surface area contributed by atoms with Crippen LogP contribution in [0.1, 0.15) is 32.0 Å². The minimum absolute atomic E-state index is 0.0627. The van der Waals surface area contributed by atoms with Gasteiger partial charge in [0.2, 0.25) is 5.89 Å². The lowest BCUT2D eigenvalue weighted by molar-refractivity contribution is 0.0694. The zero-order valence-electron chi connectivity index (χ0n) is 17.6. The third kappa shape index (κ3) is 7.37. The van der Waals surface area contributed by atoms with Gasteiger partial charge in [-0.25, -0.2) is 4.98 Å². The maximum Gasteiger partial charge on any atom is 0.226 e. The highest BCUT2D eigenvalue weighted by Gasteiger charge is 2.08. The smallest absolute Gasteiger partial charge is 0.226 e.